The van der Waals surface area contributed by atoms with Crippen LogP contribution in [-0.4, -0.2) is 33.1 Å². The molecule has 1 aromatic carbocycles. The molecule has 0 amide bonds. The monoisotopic (exact) mass is 480 g/mol. The first-order chi connectivity index (χ1) is 16.1. The summed E-state index contributed by atoms with van der Waals surface area (Å²) in [4.78, 5) is 34.1. The second kappa shape index (κ2) is 9.08. The summed E-state index contributed by atoms with van der Waals surface area (Å²) in [6, 6.07) is 3.28. The maximum absolute atomic E-state index is 15.4. The Balaban J connectivity index is 1.54. The molecule has 1 aliphatic carbocycles. The second-order valence-electron chi connectivity index (χ2n) is 7.39. The zero-order valence-electron chi connectivity index (χ0n) is 17.3. The van der Waals surface area contributed by atoms with Crippen molar-refractivity contribution in [2.24, 2.45) is 0 Å². The predicted molar refractivity (Wildman–Crippen MR) is 106 cm³/mol. The summed E-state index contributed by atoms with van der Waals surface area (Å²) >= 11 is 0. The molecule has 2 heterocycles. The first-order valence-electron chi connectivity index (χ1n) is 9.94. The lowest BCUT2D eigenvalue weighted by molar-refractivity contribution is -0.193. The molecule has 9 nitrogen and oxygen atoms in total. The van der Waals surface area contributed by atoms with Gasteiger partial charge in [0.1, 0.15) is 12.1 Å². The summed E-state index contributed by atoms with van der Waals surface area (Å²) in [5.74, 6) is -5.11. The van der Waals surface area contributed by atoms with Crippen molar-refractivity contribution in [3.63, 3.8) is 0 Å². The maximum Gasteiger partial charge on any atom is 0.491 e. The number of nitrogens with two attached hydrogens (primary N) is 1. The van der Waals surface area contributed by atoms with Crippen LogP contribution in [0.2, 0.25) is 0 Å². The van der Waals surface area contributed by atoms with Gasteiger partial charge in [-0.1, -0.05) is 12.5 Å². The number of nitrogens with zero attached hydrogens (tertiary/aromatic N) is 3. The molecule has 2 aromatic heterocycles. The van der Waals surface area contributed by atoms with Crippen LogP contribution < -0.4 is 10.5 Å². The fourth-order valence-electron chi connectivity index (χ4n) is 3.23. The molecular weight excluding hydrogens is 464 g/mol. The number of carbonyl (C=O) groups excluding carboxylic acids is 2. The first-order valence-corrected chi connectivity index (χ1v) is 9.94. The molecule has 0 aliphatic heterocycles. The number of hydrogen-bond acceptors (Lipinski definition) is 9. The first kappa shape index (κ1) is 23.1. The van der Waals surface area contributed by atoms with Crippen LogP contribution in [0.5, 0.6) is 5.75 Å². The lowest BCUT2D eigenvalue weighted by Gasteiger charge is -2.28. The Morgan fingerprint density at radius 1 is 1.18 bits per heavy atom. The third-order valence-electron chi connectivity index (χ3n) is 5.14. The topological polar surface area (TPSA) is 130 Å². The van der Waals surface area contributed by atoms with Crippen molar-refractivity contribution in [2.75, 3.05) is 5.73 Å². The Bertz CT molecular complexity index is 1220. The molecule has 178 valence electrons. The molecule has 3 aromatic rings. The van der Waals surface area contributed by atoms with Crippen molar-refractivity contribution in [3.8, 4) is 17.0 Å². The van der Waals surface area contributed by atoms with Crippen LogP contribution in [-0.2, 0) is 16.1 Å². The van der Waals surface area contributed by atoms with Crippen molar-refractivity contribution in [1.29, 1.82) is 0 Å². The van der Waals surface area contributed by atoms with E-state index in [1.165, 1.54) is 12.4 Å². The third-order valence-corrected chi connectivity index (χ3v) is 5.14. The summed E-state index contributed by atoms with van der Waals surface area (Å²) in [5, 5.41) is 0. The van der Waals surface area contributed by atoms with Crippen LogP contribution in [0.4, 0.5) is 23.4 Å². The van der Waals surface area contributed by atoms with Gasteiger partial charge in [-0.2, -0.15) is 13.2 Å². The van der Waals surface area contributed by atoms with E-state index >= 15 is 4.39 Å². The fourth-order valence-corrected chi connectivity index (χ4v) is 3.23. The average Bonchev–Trinajstić information content (AvgIpc) is 3.21. The summed E-state index contributed by atoms with van der Waals surface area (Å²) < 4.78 is 66.5. The number of benzene rings is 1. The second-order valence-corrected chi connectivity index (χ2v) is 7.39. The van der Waals surface area contributed by atoms with Gasteiger partial charge < -0.3 is 19.6 Å². The van der Waals surface area contributed by atoms with Gasteiger partial charge in [0.15, 0.2) is 23.9 Å². The Hall–Kier alpha value is -4.03. The maximum atomic E-state index is 15.4. The number of oxazole rings is 1. The largest absolute Gasteiger partial charge is 0.491 e. The van der Waals surface area contributed by atoms with E-state index in [1.54, 1.807) is 12.1 Å². The minimum Gasteiger partial charge on any atom is -0.480 e. The highest BCUT2D eigenvalue weighted by molar-refractivity contribution is 5.96. The molecule has 1 aliphatic rings. The number of nitrogen functional groups attached to an aromatic ring is 1. The van der Waals surface area contributed by atoms with E-state index in [4.69, 9.17) is 14.9 Å². The lowest BCUT2D eigenvalue weighted by Crippen LogP contribution is -2.28. The molecule has 1 fully saturated rings. The number of rotatable bonds is 6. The third kappa shape index (κ3) is 4.82. The molecular formula is C21H16F4N4O5. The van der Waals surface area contributed by atoms with Crippen LogP contribution in [0.25, 0.3) is 11.3 Å². The number of esters is 2. The molecule has 4 rings (SSSR count). The predicted octanol–water partition coefficient (Wildman–Crippen LogP) is 3.95. The molecule has 0 spiro atoms. The Labute approximate surface area is 188 Å². The van der Waals surface area contributed by atoms with Crippen LogP contribution >= 0.6 is 0 Å². The molecule has 0 bridgehead atoms. The van der Waals surface area contributed by atoms with E-state index in [0.717, 1.165) is 19.3 Å². The summed E-state index contributed by atoms with van der Waals surface area (Å²) in [7, 11) is 0. The van der Waals surface area contributed by atoms with E-state index < -0.39 is 36.2 Å². The fraction of sp³-hybridized carbons (Fsp3) is 0.286. The van der Waals surface area contributed by atoms with Gasteiger partial charge in [-0.15, -0.1) is 0 Å². The van der Waals surface area contributed by atoms with Gasteiger partial charge in [-0.3, -0.25) is 4.98 Å². The minimum atomic E-state index is -5.35. The molecule has 0 atom stereocenters. The standard InChI is InChI=1S/C21H16F4N4O5/c22-17-12(13-6-28-15(26)7-27-13)5-4-11(10-2-1-3-10)18(17)33-9-16-29-14(8-32-16)19(30)34-20(31)21(23,24)25/h4-8,10H,1-3,9H2,(H2,26,28). The Kier molecular flexibility index (Phi) is 6.18. The molecule has 13 heteroatoms. The summed E-state index contributed by atoms with van der Waals surface area (Å²) in [6.07, 6.45) is 0.632. The van der Waals surface area contributed by atoms with Crippen LogP contribution in [0.3, 0.4) is 0 Å². The smallest absolute Gasteiger partial charge is 0.480 e. The van der Waals surface area contributed by atoms with Crippen LogP contribution in [0.15, 0.2) is 35.2 Å². The van der Waals surface area contributed by atoms with Crippen molar-refractivity contribution >= 4 is 17.8 Å². The van der Waals surface area contributed by atoms with Crippen molar-refractivity contribution in [1.82, 2.24) is 15.0 Å². The van der Waals surface area contributed by atoms with Gasteiger partial charge in [-0.05, 0) is 24.8 Å². The number of halogens is 4. The lowest BCUT2D eigenvalue weighted by atomic mass is 9.79. The Morgan fingerprint density at radius 2 is 1.94 bits per heavy atom. The normalized spacial score (nSPS) is 13.9. The van der Waals surface area contributed by atoms with E-state index in [1.807, 2.05) is 0 Å². The SMILES string of the molecule is Nc1cnc(-c2ccc(C3CCC3)c(OCc3nc(C(=O)OC(=O)C(F)(F)F)co3)c2F)cn1. The van der Waals surface area contributed by atoms with Gasteiger partial charge in [0.25, 0.3) is 0 Å². The summed E-state index contributed by atoms with van der Waals surface area (Å²) in [5.41, 5.74) is 5.82. The van der Waals surface area contributed by atoms with E-state index in [2.05, 4.69) is 19.7 Å². The molecule has 1 saturated carbocycles. The minimum absolute atomic E-state index is 0.0737. The van der Waals surface area contributed by atoms with Gasteiger partial charge >= 0.3 is 18.1 Å². The summed E-state index contributed by atoms with van der Waals surface area (Å²) in [6.45, 7) is -0.450. The number of ether oxygens (including phenoxy) is 2. The Morgan fingerprint density at radius 3 is 2.56 bits per heavy atom. The zero-order chi connectivity index (χ0) is 24.5. The number of carbonyl (C=O) groups is 2. The molecule has 2 N–H and O–H groups in total. The van der Waals surface area contributed by atoms with Crippen molar-refractivity contribution in [3.05, 3.63) is 53.8 Å². The highest BCUT2D eigenvalue weighted by atomic mass is 19.4. The van der Waals surface area contributed by atoms with Gasteiger partial charge in [0.2, 0.25) is 5.89 Å². The van der Waals surface area contributed by atoms with E-state index in [0.29, 0.717) is 11.8 Å². The average molecular weight is 480 g/mol. The van der Waals surface area contributed by atoms with Gasteiger partial charge in [0.05, 0.1) is 18.1 Å². The van der Waals surface area contributed by atoms with Gasteiger partial charge in [0, 0.05) is 11.1 Å². The molecule has 34 heavy (non-hydrogen) atoms. The number of hydrogen-bond donors (Lipinski definition) is 1. The zero-order valence-corrected chi connectivity index (χ0v) is 17.3. The van der Waals surface area contributed by atoms with Crippen LogP contribution in [0.1, 0.15) is 47.1 Å². The number of alkyl halides is 3. The highest BCUT2D eigenvalue weighted by Gasteiger charge is 2.43. The van der Waals surface area contributed by atoms with Gasteiger partial charge in [-0.25, -0.2) is 23.9 Å². The number of aromatic nitrogens is 3. The molecule has 0 radical (unpaired) electrons. The number of anilines is 1. The van der Waals surface area contributed by atoms with E-state index in [9.17, 15) is 22.8 Å². The quantitative estimate of drug-likeness (QED) is 0.317. The van der Waals surface area contributed by atoms with Crippen molar-refractivity contribution < 1.29 is 41.0 Å². The molecule has 0 unspecified atom stereocenters. The highest BCUT2D eigenvalue weighted by Crippen LogP contribution is 2.44. The molecule has 0 saturated heterocycles. The van der Waals surface area contributed by atoms with Crippen molar-refractivity contribution in [2.45, 2.75) is 38.0 Å². The van der Waals surface area contributed by atoms with Crippen LogP contribution in [0, 0.1) is 5.82 Å². The van der Waals surface area contributed by atoms with E-state index in [-0.39, 0.29) is 34.6 Å².